The summed E-state index contributed by atoms with van der Waals surface area (Å²) in [6.45, 7) is 0. The minimum atomic E-state index is 0.573. The van der Waals surface area contributed by atoms with Gasteiger partial charge in [0.05, 0.1) is 0 Å². The molecule has 0 saturated heterocycles. The standard InChI is InChI=1S/C14H14N2S/c15-14-7-6-13(9-16-14)17-12-5-4-10-2-1-3-11(10)8-12/h4-9H,1-3H2,(H2,15,16). The van der Waals surface area contributed by atoms with Crippen molar-refractivity contribution in [1.82, 2.24) is 4.98 Å². The molecule has 0 saturated carbocycles. The number of aryl methyl sites for hydroxylation is 2. The fraction of sp³-hybridized carbons (Fsp3) is 0.214. The van der Waals surface area contributed by atoms with E-state index in [1.807, 2.05) is 18.3 Å². The Labute approximate surface area is 105 Å². The van der Waals surface area contributed by atoms with Gasteiger partial charge >= 0.3 is 0 Å². The number of nitrogen functional groups attached to an aromatic ring is 1. The average Bonchev–Trinajstić information content (AvgIpc) is 2.79. The van der Waals surface area contributed by atoms with E-state index in [4.69, 9.17) is 5.73 Å². The van der Waals surface area contributed by atoms with Crippen molar-refractivity contribution in [3.63, 3.8) is 0 Å². The first-order valence-electron chi connectivity index (χ1n) is 5.82. The van der Waals surface area contributed by atoms with E-state index in [9.17, 15) is 0 Å². The molecule has 2 nitrogen and oxygen atoms in total. The fourth-order valence-electron chi connectivity index (χ4n) is 2.20. The van der Waals surface area contributed by atoms with Crippen LogP contribution in [0.5, 0.6) is 0 Å². The van der Waals surface area contributed by atoms with E-state index in [0.717, 1.165) is 4.90 Å². The minimum absolute atomic E-state index is 0.573. The number of anilines is 1. The fourth-order valence-corrected chi connectivity index (χ4v) is 3.05. The van der Waals surface area contributed by atoms with Crippen LogP contribution in [0.4, 0.5) is 5.82 Å². The van der Waals surface area contributed by atoms with Crippen molar-refractivity contribution >= 4 is 17.6 Å². The molecule has 2 aromatic rings. The largest absolute Gasteiger partial charge is 0.384 e. The second-order valence-electron chi connectivity index (χ2n) is 4.30. The maximum absolute atomic E-state index is 5.57. The van der Waals surface area contributed by atoms with E-state index in [-0.39, 0.29) is 0 Å². The van der Waals surface area contributed by atoms with Gasteiger partial charge in [0.15, 0.2) is 0 Å². The molecule has 1 aliphatic carbocycles. The third-order valence-corrected chi connectivity index (χ3v) is 4.03. The molecule has 3 rings (SSSR count). The molecule has 1 aromatic heterocycles. The van der Waals surface area contributed by atoms with Crippen LogP contribution in [-0.2, 0) is 12.8 Å². The summed E-state index contributed by atoms with van der Waals surface area (Å²) < 4.78 is 0. The molecule has 1 heterocycles. The van der Waals surface area contributed by atoms with Gasteiger partial charge in [0.25, 0.3) is 0 Å². The van der Waals surface area contributed by atoms with Crippen LogP contribution in [-0.4, -0.2) is 4.98 Å². The summed E-state index contributed by atoms with van der Waals surface area (Å²) in [6.07, 6.45) is 5.59. The van der Waals surface area contributed by atoms with Gasteiger partial charge in [-0.3, -0.25) is 0 Å². The normalized spacial score (nSPS) is 13.6. The van der Waals surface area contributed by atoms with Gasteiger partial charge < -0.3 is 5.73 Å². The summed E-state index contributed by atoms with van der Waals surface area (Å²) in [4.78, 5) is 6.53. The number of fused-ring (bicyclic) bond motifs is 1. The zero-order valence-corrected chi connectivity index (χ0v) is 10.3. The number of pyridine rings is 1. The molecular weight excluding hydrogens is 228 g/mol. The highest BCUT2D eigenvalue weighted by Gasteiger charge is 2.11. The third-order valence-electron chi connectivity index (χ3n) is 3.06. The molecule has 2 N–H and O–H groups in total. The molecule has 0 bridgehead atoms. The van der Waals surface area contributed by atoms with Crippen molar-refractivity contribution in [3.05, 3.63) is 47.7 Å². The number of aromatic nitrogens is 1. The van der Waals surface area contributed by atoms with Gasteiger partial charge in [-0.25, -0.2) is 4.98 Å². The second-order valence-corrected chi connectivity index (χ2v) is 5.45. The van der Waals surface area contributed by atoms with Crippen molar-refractivity contribution in [2.45, 2.75) is 29.1 Å². The zero-order chi connectivity index (χ0) is 11.7. The van der Waals surface area contributed by atoms with E-state index in [1.165, 1.54) is 35.3 Å². The molecule has 0 radical (unpaired) electrons. The van der Waals surface area contributed by atoms with Crippen LogP contribution in [0, 0.1) is 0 Å². The Bertz CT molecular complexity index is 534. The van der Waals surface area contributed by atoms with E-state index < -0.39 is 0 Å². The quantitative estimate of drug-likeness (QED) is 0.878. The van der Waals surface area contributed by atoms with Gasteiger partial charge in [0, 0.05) is 16.0 Å². The summed E-state index contributed by atoms with van der Waals surface area (Å²) in [5, 5.41) is 0. The highest BCUT2D eigenvalue weighted by molar-refractivity contribution is 7.99. The van der Waals surface area contributed by atoms with Crippen LogP contribution in [0.2, 0.25) is 0 Å². The van der Waals surface area contributed by atoms with Crippen LogP contribution in [0.15, 0.2) is 46.3 Å². The Morgan fingerprint density at radius 2 is 1.82 bits per heavy atom. The summed E-state index contributed by atoms with van der Waals surface area (Å²) in [7, 11) is 0. The van der Waals surface area contributed by atoms with Crippen molar-refractivity contribution in [1.29, 1.82) is 0 Å². The van der Waals surface area contributed by atoms with Crippen LogP contribution in [0.1, 0.15) is 17.5 Å². The monoisotopic (exact) mass is 242 g/mol. The molecule has 0 atom stereocenters. The van der Waals surface area contributed by atoms with Crippen molar-refractivity contribution < 1.29 is 0 Å². The van der Waals surface area contributed by atoms with Gasteiger partial charge in [0.2, 0.25) is 0 Å². The van der Waals surface area contributed by atoms with Crippen molar-refractivity contribution in [2.75, 3.05) is 5.73 Å². The SMILES string of the molecule is Nc1ccc(Sc2ccc3c(c2)CCC3)cn1. The van der Waals surface area contributed by atoms with Gasteiger partial charge in [-0.2, -0.15) is 0 Å². The number of nitrogens with zero attached hydrogens (tertiary/aromatic N) is 1. The lowest BCUT2D eigenvalue weighted by molar-refractivity contribution is 0.911. The van der Waals surface area contributed by atoms with Crippen LogP contribution >= 0.6 is 11.8 Å². The minimum Gasteiger partial charge on any atom is -0.384 e. The van der Waals surface area contributed by atoms with Crippen molar-refractivity contribution in [2.24, 2.45) is 0 Å². The molecule has 1 aliphatic rings. The summed E-state index contributed by atoms with van der Waals surface area (Å²) in [6, 6.07) is 10.6. The first-order chi connectivity index (χ1) is 8.31. The molecule has 1 aromatic carbocycles. The van der Waals surface area contributed by atoms with E-state index >= 15 is 0 Å². The maximum atomic E-state index is 5.57. The van der Waals surface area contributed by atoms with Crippen molar-refractivity contribution in [3.8, 4) is 0 Å². The van der Waals surface area contributed by atoms with Gasteiger partial charge in [-0.15, -0.1) is 0 Å². The Morgan fingerprint density at radius 1 is 1.00 bits per heavy atom. The number of hydrogen-bond donors (Lipinski definition) is 1. The number of rotatable bonds is 2. The van der Waals surface area contributed by atoms with E-state index in [2.05, 4.69) is 23.2 Å². The van der Waals surface area contributed by atoms with Gasteiger partial charge in [-0.1, -0.05) is 17.8 Å². The van der Waals surface area contributed by atoms with E-state index in [1.54, 1.807) is 11.8 Å². The summed E-state index contributed by atoms with van der Waals surface area (Å²) >= 11 is 1.74. The lowest BCUT2D eigenvalue weighted by atomic mass is 10.1. The van der Waals surface area contributed by atoms with Gasteiger partial charge in [0.1, 0.15) is 5.82 Å². The second kappa shape index (κ2) is 4.41. The van der Waals surface area contributed by atoms with E-state index in [0.29, 0.717) is 5.82 Å². The maximum Gasteiger partial charge on any atom is 0.123 e. The molecule has 17 heavy (non-hydrogen) atoms. The Morgan fingerprint density at radius 3 is 2.65 bits per heavy atom. The molecule has 0 unspecified atom stereocenters. The first kappa shape index (κ1) is 10.7. The predicted octanol–water partition coefficient (Wildman–Crippen LogP) is 3.30. The third kappa shape index (κ3) is 2.29. The van der Waals surface area contributed by atoms with Crippen LogP contribution in [0.3, 0.4) is 0 Å². The molecule has 0 fully saturated rings. The first-order valence-corrected chi connectivity index (χ1v) is 6.64. The van der Waals surface area contributed by atoms with Gasteiger partial charge in [-0.05, 0) is 54.7 Å². The Hall–Kier alpha value is -1.48. The molecule has 0 amide bonds. The molecule has 3 heteroatoms. The van der Waals surface area contributed by atoms with Crippen LogP contribution in [0.25, 0.3) is 0 Å². The predicted molar refractivity (Wildman–Crippen MR) is 71.2 cm³/mol. The van der Waals surface area contributed by atoms with Crippen LogP contribution < -0.4 is 5.73 Å². The molecule has 0 aliphatic heterocycles. The Balaban J connectivity index is 1.83. The zero-order valence-electron chi connectivity index (χ0n) is 9.52. The topological polar surface area (TPSA) is 38.9 Å². The number of nitrogens with two attached hydrogens (primary N) is 1. The molecular formula is C14H14N2S. The smallest absolute Gasteiger partial charge is 0.123 e. The lowest BCUT2D eigenvalue weighted by Gasteiger charge is -2.04. The number of hydrogen-bond acceptors (Lipinski definition) is 3. The lowest BCUT2D eigenvalue weighted by Crippen LogP contribution is -1.88. The highest BCUT2D eigenvalue weighted by Crippen LogP contribution is 2.31. The molecule has 86 valence electrons. The average molecular weight is 242 g/mol. The molecule has 0 spiro atoms. The number of benzene rings is 1. The Kier molecular flexibility index (Phi) is 2.77. The summed E-state index contributed by atoms with van der Waals surface area (Å²) in [5.41, 5.74) is 8.60. The summed E-state index contributed by atoms with van der Waals surface area (Å²) in [5.74, 6) is 0.573. The highest BCUT2D eigenvalue weighted by atomic mass is 32.2.